The molecule has 0 atom stereocenters. The van der Waals surface area contributed by atoms with E-state index in [-0.39, 0.29) is 6.10 Å². The SMILES string of the molecule is CCOc1cc(CNn2c(-c3ccccc3OC)n[nH]c2=S)cc(Br)c1OC(C)C. The second-order valence-electron chi connectivity index (χ2n) is 6.73. The first-order chi connectivity index (χ1) is 14.4. The predicted molar refractivity (Wildman–Crippen MR) is 124 cm³/mol. The number of rotatable bonds is 9. The smallest absolute Gasteiger partial charge is 0.214 e. The molecule has 0 saturated carbocycles. The van der Waals surface area contributed by atoms with Crippen LogP contribution in [0.4, 0.5) is 0 Å². The van der Waals surface area contributed by atoms with Gasteiger partial charge in [-0.1, -0.05) is 12.1 Å². The Morgan fingerprint density at radius 1 is 1.23 bits per heavy atom. The highest BCUT2D eigenvalue weighted by molar-refractivity contribution is 9.10. The summed E-state index contributed by atoms with van der Waals surface area (Å²) in [7, 11) is 1.63. The van der Waals surface area contributed by atoms with E-state index >= 15 is 0 Å². The number of aromatic amines is 1. The first-order valence-electron chi connectivity index (χ1n) is 9.61. The Balaban J connectivity index is 1.89. The molecule has 0 amide bonds. The largest absolute Gasteiger partial charge is 0.496 e. The molecule has 0 saturated heterocycles. The quantitative estimate of drug-likeness (QED) is 0.394. The number of hydrogen-bond donors (Lipinski definition) is 2. The van der Waals surface area contributed by atoms with E-state index in [0.717, 1.165) is 15.6 Å². The van der Waals surface area contributed by atoms with Crippen molar-refractivity contribution in [2.45, 2.75) is 33.4 Å². The second kappa shape index (κ2) is 9.99. The predicted octanol–water partition coefficient (Wildman–Crippen LogP) is 5.31. The molecule has 7 nitrogen and oxygen atoms in total. The van der Waals surface area contributed by atoms with E-state index in [1.165, 1.54) is 0 Å². The van der Waals surface area contributed by atoms with E-state index in [1.54, 1.807) is 11.8 Å². The number of nitrogens with one attached hydrogen (secondary N) is 2. The number of halogens is 1. The van der Waals surface area contributed by atoms with Gasteiger partial charge in [0.05, 0.1) is 36.4 Å². The summed E-state index contributed by atoms with van der Waals surface area (Å²) in [5.41, 5.74) is 5.16. The van der Waals surface area contributed by atoms with E-state index in [2.05, 4.69) is 31.6 Å². The maximum Gasteiger partial charge on any atom is 0.214 e. The topological polar surface area (TPSA) is 73.3 Å². The molecule has 0 radical (unpaired) electrons. The van der Waals surface area contributed by atoms with Crippen LogP contribution in [0.5, 0.6) is 17.2 Å². The van der Waals surface area contributed by atoms with Crippen molar-refractivity contribution in [1.29, 1.82) is 0 Å². The Kier molecular flexibility index (Phi) is 7.38. The van der Waals surface area contributed by atoms with Gasteiger partial charge in [0.15, 0.2) is 17.3 Å². The maximum absolute atomic E-state index is 5.91. The van der Waals surface area contributed by atoms with Crippen LogP contribution in [-0.2, 0) is 6.54 Å². The summed E-state index contributed by atoms with van der Waals surface area (Å²) in [6.07, 6.45) is 0.0390. The summed E-state index contributed by atoms with van der Waals surface area (Å²) >= 11 is 9.02. The van der Waals surface area contributed by atoms with Gasteiger partial charge in [-0.05, 0) is 78.7 Å². The zero-order chi connectivity index (χ0) is 21.7. The first kappa shape index (κ1) is 22.2. The van der Waals surface area contributed by atoms with Crippen LogP contribution in [0.2, 0.25) is 0 Å². The van der Waals surface area contributed by atoms with Crippen LogP contribution in [0.25, 0.3) is 11.4 Å². The standard InChI is InChI=1S/C21H25BrN4O3S/c1-5-28-18-11-14(10-16(22)19(18)29-13(2)3)12-23-26-20(24-25-21(26)30)15-8-6-7-9-17(15)27-4/h6-11,13,23H,5,12H2,1-4H3,(H,25,30). The summed E-state index contributed by atoms with van der Waals surface area (Å²) in [5, 5.41) is 7.21. The van der Waals surface area contributed by atoms with Crippen molar-refractivity contribution in [3.63, 3.8) is 0 Å². The molecule has 3 rings (SSSR count). The number of aromatic nitrogens is 3. The molecule has 9 heteroatoms. The first-order valence-corrected chi connectivity index (χ1v) is 10.8. The maximum atomic E-state index is 5.91. The molecular formula is C21H25BrN4O3S. The van der Waals surface area contributed by atoms with Gasteiger partial charge in [-0.25, -0.2) is 9.77 Å². The highest BCUT2D eigenvalue weighted by Gasteiger charge is 2.16. The lowest BCUT2D eigenvalue weighted by molar-refractivity contribution is 0.222. The van der Waals surface area contributed by atoms with Gasteiger partial charge >= 0.3 is 0 Å². The van der Waals surface area contributed by atoms with Gasteiger partial charge in [-0.2, -0.15) is 5.10 Å². The van der Waals surface area contributed by atoms with Gasteiger partial charge in [0.1, 0.15) is 5.75 Å². The molecule has 30 heavy (non-hydrogen) atoms. The highest BCUT2D eigenvalue weighted by atomic mass is 79.9. The molecule has 2 N–H and O–H groups in total. The molecule has 0 fully saturated rings. The third-order valence-electron chi connectivity index (χ3n) is 4.18. The minimum atomic E-state index is 0.0390. The Hall–Kier alpha value is -2.52. The van der Waals surface area contributed by atoms with Gasteiger partial charge in [-0.15, -0.1) is 0 Å². The summed E-state index contributed by atoms with van der Waals surface area (Å²) < 4.78 is 20.2. The lowest BCUT2D eigenvalue weighted by Gasteiger charge is -2.18. The van der Waals surface area contributed by atoms with Gasteiger partial charge in [0, 0.05) is 0 Å². The van der Waals surface area contributed by atoms with E-state index in [1.807, 2.05) is 57.2 Å². The molecule has 0 aliphatic carbocycles. The molecule has 1 aromatic heterocycles. The van der Waals surface area contributed by atoms with Gasteiger partial charge in [0.2, 0.25) is 4.77 Å². The molecular weight excluding hydrogens is 468 g/mol. The van der Waals surface area contributed by atoms with E-state index in [9.17, 15) is 0 Å². The zero-order valence-electron chi connectivity index (χ0n) is 17.4. The van der Waals surface area contributed by atoms with Crippen LogP contribution in [0.15, 0.2) is 40.9 Å². The number of hydrogen-bond acceptors (Lipinski definition) is 6. The number of nitrogens with zero attached hydrogens (tertiary/aromatic N) is 2. The van der Waals surface area contributed by atoms with Crippen molar-refractivity contribution in [1.82, 2.24) is 14.9 Å². The fourth-order valence-corrected chi connectivity index (χ4v) is 3.74. The Morgan fingerprint density at radius 2 is 2.00 bits per heavy atom. The number of H-pyrrole nitrogens is 1. The summed E-state index contributed by atoms with van der Waals surface area (Å²) in [6, 6.07) is 11.6. The third-order valence-corrected chi connectivity index (χ3v) is 5.05. The highest BCUT2D eigenvalue weighted by Crippen LogP contribution is 2.37. The van der Waals surface area contributed by atoms with Gasteiger partial charge < -0.3 is 19.6 Å². The lowest BCUT2D eigenvalue weighted by atomic mass is 10.2. The molecule has 0 spiro atoms. The molecule has 0 bridgehead atoms. The fourth-order valence-electron chi connectivity index (χ4n) is 2.96. The molecule has 0 aliphatic rings. The average molecular weight is 493 g/mol. The summed E-state index contributed by atoms with van der Waals surface area (Å²) in [5.74, 6) is 2.75. The summed E-state index contributed by atoms with van der Waals surface area (Å²) in [6.45, 7) is 6.96. The molecule has 1 heterocycles. The van der Waals surface area contributed by atoms with E-state index in [4.69, 9.17) is 26.4 Å². The number of methoxy groups -OCH3 is 1. The molecule has 0 aliphatic heterocycles. The lowest BCUT2D eigenvalue weighted by Crippen LogP contribution is -2.16. The zero-order valence-corrected chi connectivity index (χ0v) is 19.8. The number of para-hydroxylation sites is 1. The fraction of sp³-hybridized carbons (Fsp3) is 0.333. The van der Waals surface area contributed by atoms with Crippen LogP contribution in [0, 0.1) is 4.77 Å². The van der Waals surface area contributed by atoms with Crippen LogP contribution in [0.3, 0.4) is 0 Å². The molecule has 160 valence electrons. The van der Waals surface area contributed by atoms with Crippen molar-refractivity contribution >= 4 is 28.1 Å². The summed E-state index contributed by atoms with van der Waals surface area (Å²) in [4.78, 5) is 0. The Labute approximate surface area is 189 Å². The number of benzene rings is 2. The van der Waals surface area contributed by atoms with E-state index in [0.29, 0.717) is 41.0 Å². The molecule has 0 unspecified atom stereocenters. The average Bonchev–Trinajstić information content (AvgIpc) is 3.09. The monoisotopic (exact) mass is 492 g/mol. The van der Waals surface area contributed by atoms with Gasteiger partial charge in [-0.3, -0.25) is 0 Å². The van der Waals surface area contributed by atoms with Crippen molar-refractivity contribution in [2.75, 3.05) is 19.1 Å². The second-order valence-corrected chi connectivity index (χ2v) is 7.97. The van der Waals surface area contributed by atoms with E-state index < -0.39 is 0 Å². The number of ether oxygens (including phenoxy) is 3. The van der Waals surface area contributed by atoms with Crippen LogP contribution in [-0.4, -0.2) is 34.7 Å². The third kappa shape index (κ3) is 4.96. The van der Waals surface area contributed by atoms with Crippen molar-refractivity contribution in [3.05, 3.63) is 51.2 Å². The van der Waals surface area contributed by atoms with Crippen molar-refractivity contribution in [3.8, 4) is 28.6 Å². The Bertz CT molecular complexity index is 1060. The van der Waals surface area contributed by atoms with Gasteiger partial charge in [0.25, 0.3) is 0 Å². The Morgan fingerprint density at radius 3 is 2.70 bits per heavy atom. The van der Waals surface area contributed by atoms with Crippen LogP contribution in [0.1, 0.15) is 26.3 Å². The van der Waals surface area contributed by atoms with Crippen LogP contribution < -0.4 is 19.6 Å². The minimum Gasteiger partial charge on any atom is -0.496 e. The normalized spacial score (nSPS) is 10.9. The van der Waals surface area contributed by atoms with Crippen LogP contribution >= 0.6 is 28.1 Å². The minimum absolute atomic E-state index is 0.0390. The molecule has 2 aromatic carbocycles. The van der Waals surface area contributed by atoms with Crippen molar-refractivity contribution in [2.24, 2.45) is 0 Å². The van der Waals surface area contributed by atoms with Crippen molar-refractivity contribution < 1.29 is 14.2 Å². The molecule has 3 aromatic rings.